The molecule has 5 nitrogen and oxygen atoms in total. The molecule has 0 saturated heterocycles. The highest BCUT2D eigenvalue weighted by atomic mass is 79.9. The molecule has 0 aliphatic carbocycles. The third-order valence-electron chi connectivity index (χ3n) is 2.77. The zero-order valence-corrected chi connectivity index (χ0v) is 15.0. The molecule has 0 aromatic heterocycles. The Balaban J connectivity index is 2.74. The topological polar surface area (TPSA) is 55.8 Å². The van der Waals surface area contributed by atoms with Gasteiger partial charge in [0.15, 0.2) is 0 Å². The molecule has 0 spiro atoms. The lowest BCUT2D eigenvalue weighted by molar-refractivity contribution is -0.143. The molecule has 0 radical (unpaired) electrons. The molecule has 1 rings (SSSR count). The zero-order valence-electron chi connectivity index (χ0n) is 13.4. The number of carbonyl (C=O) groups excluding carboxylic acids is 2. The van der Waals surface area contributed by atoms with Crippen molar-refractivity contribution < 1.29 is 19.1 Å². The summed E-state index contributed by atoms with van der Waals surface area (Å²) in [7, 11) is 1.57. The molecule has 1 aromatic carbocycles. The zero-order chi connectivity index (χ0) is 16.7. The van der Waals surface area contributed by atoms with Crippen molar-refractivity contribution in [1.82, 2.24) is 4.90 Å². The summed E-state index contributed by atoms with van der Waals surface area (Å²) in [5.41, 5.74) is 0.482. The van der Waals surface area contributed by atoms with Crippen LogP contribution in [0.5, 0.6) is 5.75 Å². The van der Waals surface area contributed by atoms with E-state index in [-0.39, 0.29) is 12.5 Å². The first-order chi connectivity index (χ1) is 10.3. The summed E-state index contributed by atoms with van der Waals surface area (Å²) in [4.78, 5) is 25.0. The maximum absolute atomic E-state index is 12.3. The van der Waals surface area contributed by atoms with E-state index in [1.807, 2.05) is 0 Å². The molecule has 0 unspecified atom stereocenters. The fourth-order valence-electron chi connectivity index (χ4n) is 1.70. The van der Waals surface area contributed by atoms with E-state index in [1.165, 1.54) is 4.90 Å². The molecular formula is C16H22BrNO4. The van der Waals surface area contributed by atoms with Crippen LogP contribution >= 0.6 is 15.9 Å². The Bertz CT molecular complexity index is 531. The van der Waals surface area contributed by atoms with Crippen LogP contribution < -0.4 is 4.74 Å². The number of hydrogen-bond acceptors (Lipinski definition) is 4. The Morgan fingerprint density at radius 2 is 2.00 bits per heavy atom. The van der Waals surface area contributed by atoms with E-state index in [9.17, 15) is 9.59 Å². The van der Waals surface area contributed by atoms with Crippen LogP contribution in [0.25, 0.3) is 0 Å². The van der Waals surface area contributed by atoms with Gasteiger partial charge in [-0.15, -0.1) is 0 Å². The van der Waals surface area contributed by atoms with Gasteiger partial charge >= 0.3 is 5.97 Å². The van der Waals surface area contributed by atoms with Crippen LogP contribution in [0.4, 0.5) is 0 Å². The van der Waals surface area contributed by atoms with Gasteiger partial charge in [-0.25, -0.2) is 0 Å². The molecule has 22 heavy (non-hydrogen) atoms. The molecule has 6 heteroatoms. The largest absolute Gasteiger partial charge is 0.492 e. The minimum atomic E-state index is -0.422. The predicted octanol–water partition coefficient (Wildman–Crippen LogP) is 3.12. The molecule has 0 fully saturated rings. The molecule has 0 saturated carbocycles. The normalized spacial score (nSPS) is 10.5. The Labute approximate surface area is 139 Å². The van der Waals surface area contributed by atoms with Gasteiger partial charge in [0, 0.05) is 12.6 Å². The second-order valence-electron chi connectivity index (χ2n) is 5.32. The first-order valence-corrected chi connectivity index (χ1v) is 7.97. The Kier molecular flexibility index (Phi) is 7.38. The standard InChI is InChI=1S/C16H22BrNO4/c1-5-21-15(19)9-18(4)16(20)12-6-7-14(13(17)8-12)22-10-11(2)3/h6-8,11H,5,9-10H2,1-4H3. The van der Waals surface area contributed by atoms with E-state index in [2.05, 4.69) is 29.8 Å². The Hall–Kier alpha value is -1.56. The maximum atomic E-state index is 12.3. The Morgan fingerprint density at radius 1 is 1.32 bits per heavy atom. The number of ether oxygens (including phenoxy) is 2. The van der Waals surface area contributed by atoms with E-state index in [0.717, 1.165) is 0 Å². The number of halogens is 1. The van der Waals surface area contributed by atoms with Gasteiger partial charge in [-0.1, -0.05) is 13.8 Å². The molecule has 0 aliphatic rings. The van der Waals surface area contributed by atoms with E-state index in [4.69, 9.17) is 9.47 Å². The van der Waals surface area contributed by atoms with Gasteiger partial charge in [-0.2, -0.15) is 0 Å². The van der Waals surface area contributed by atoms with Crippen LogP contribution in [-0.2, 0) is 9.53 Å². The lowest BCUT2D eigenvalue weighted by Crippen LogP contribution is -2.33. The maximum Gasteiger partial charge on any atom is 0.325 e. The fourth-order valence-corrected chi connectivity index (χ4v) is 2.19. The first kappa shape index (κ1) is 18.5. The number of nitrogens with zero attached hydrogens (tertiary/aromatic N) is 1. The van der Waals surface area contributed by atoms with Gasteiger partial charge < -0.3 is 14.4 Å². The van der Waals surface area contributed by atoms with Gasteiger partial charge in [0.1, 0.15) is 12.3 Å². The average Bonchev–Trinajstić information content (AvgIpc) is 2.45. The van der Waals surface area contributed by atoms with Crippen molar-refractivity contribution in [3.05, 3.63) is 28.2 Å². The van der Waals surface area contributed by atoms with Gasteiger partial charge in [-0.05, 0) is 47.0 Å². The van der Waals surface area contributed by atoms with E-state index in [0.29, 0.717) is 34.9 Å². The first-order valence-electron chi connectivity index (χ1n) is 7.18. The van der Waals surface area contributed by atoms with Crippen molar-refractivity contribution in [2.45, 2.75) is 20.8 Å². The third kappa shape index (κ3) is 5.67. The van der Waals surface area contributed by atoms with Crippen molar-refractivity contribution in [1.29, 1.82) is 0 Å². The molecule has 0 aliphatic heterocycles. The number of esters is 1. The second-order valence-corrected chi connectivity index (χ2v) is 6.17. The van der Waals surface area contributed by atoms with E-state index in [1.54, 1.807) is 32.2 Å². The highest BCUT2D eigenvalue weighted by Gasteiger charge is 2.17. The molecule has 0 heterocycles. The third-order valence-corrected chi connectivity index (χ3v) is 3.39. The van der Waals surface area contributed by atoms with Crippen LogP contribution in [0, 0.1) is 5.92 Å². The van der Waals surface area contributed by atoms with Crippen LogP contribution in [0.3, 0.4) is 0 Å². The smallest absolute Gasteiger partial charge is 0.325 e. The summed E-state index contributed by atoms with van der Waals surface area (Å²) in [5.74, 6) is 0.445. The molecule has 1 amide bonds. The molecule has 0 N–H and O–H groups in total. The highest BCUT2D eigenvalue weighted by molar-refractivity contribution is 9.10. The van der Waals surface area contributed by atoms with Crippen molar-refractivity contribution >= 4 is 27.8 Å². The van der Waals surface area contributed by atoms with Crippen molar-refractivity contribution in [2.75, 3.05) is 26.8 Å². The summed E-state index contributed by atoms with van der Waals surface area (Å²) >= 11 is 3.40. The molecule has 0 bridgehead atoms. The molecule has 122 valence electrons. The van der Waals surface area contributed by atoms with Crippen LogP contribution in [0.15, 0.2) is 22.7 Å². The molecule has 0 atom stereocenters. The summed E-state index contributed by atoms with van der Waals surface area (Å²) in [6, 6.07) is 5.13. The number of carbonyl (C=O) groups is 2. The van der Waals surface area contributed by atoms with Crippen LogP contribution in [0.1, 0.15) is 31.1 Å². The number of hydrogen-bond donors (Lipinski definition) is 0. The number of benzene rings is 1. The lowest BCUT2D eigenvalue weighted by Gasteiger charge is -2.17. The average molecular weight is 372 g/mol. The van der Waals surface area contributed by atoms with Gasteiger partial charge in [0.25, 0.3) is 5.91 Å². The van der Waals surface area contributed by atoms with Crippen LogP contribution in [-0.4, -0.2) is 43.6 Å². The highest BCUT2D eigenvalue weighted by Crippen LogP contribution is 2.27. The number of amides is 1. The van der Waals surface area contributed by atoms with Gasteiger partial charge in [0.05, 0.1) is 17.7 Å². The minimum Gasteiger partial charge on any atom is -0.492 e. The van der Waals surface area contributed by atoms with Crippen molar-refractivity contribution in [2.24, 2.45) is 5.92 Å². The fraction of sp³-hybridized carbons (Fsp3) is 0.500. The van der Waals surface area contributed by atoms with Gasteiger partial charge in [-0.3, -0.25) is 9.59 Å². The number of likely N-dealkylation sites (N-methyl/N-ethyl adjacent to an activating group) is 1. The molecular weight excluding hydrogens is 350 g/mol. The van der Waals surface area contributed by atoms with Crippen molar-refractivity contribution in [3.63, 3.8) is 0 Å². The summed E-state index contributed by atoms with van der Waals surface area (Å²) < 4.78 is 11.2. The van der Waals surface area contributed by atoms with Gasteiger partial charge in [0.2, 0.25) is 0 Å². The quantitative estimate of drug-likeness (QED) is 0.691. The van der Waals surface area contributed by atoms with E-state index >= 15 is 0 Å². The van der Waals surface area contributed by atoms with E-state index < -0.39 is 5.97 Å². The monoisotopic (exact) mass is 371 g/mol. The molecule has 1 aromatic rings. The second kappa shape index (κ2) is 8.78. The summed E-state index contributed by atoms with van der Waals surface area (Å²) in [6.45, 7) is 6.69. The van der Waals surface area contributed by atoms with Crippen LogP contribution in [0.2, 0.25) is 0 Å². The summed E-state index contributed by atoms with van der Waals surface area (Å²) in [5, 5.41) is 0. The lowest BCUT2D eigenvalue weighted by atomic mass is 10.2. The predicted molar refractivity (Wildman–Crippen MR) is 88.1 cm³/mol. The summed E-state index contributed by atoms with van der Waals surface area (Å²) in [6.07, 6.45) is 0. The van der Waals surface area contributed by atoms with Crippen molar-refractivity contribution in [3.8, 4) is 5.75 Å². The Morgan fingerprint density at radius 3 is 2.55 bits per heavy atom. The number of rotatable bonds is 7. The SMILES string of the molecule is CCOC(=O)CN(C)C(=O)c1ccc(OCC(C)C)c(Br)c1. The minimum absolute atomic E-state index is 0.0735.